The average Bonchev–Trinajstić information content (AvgIpc) is 2.97. The fourth-order valence-electron chi connectivity index (χ4n) is 2.71. The van der Waals surface area contributed by atoms with E-state index in [9.17, 15) is 0 Å². The average molecular weight is 289 g/mol. The van der Waals surface area contributed by atoms with E-state index in [1.165, 1.54) is 17.7 Å². The number of rotatable bonds is 3. The van der Waals surface area contributed by atoms with E-state index in [0.29, 0.717) is 11.7 Å². The van der Waals surface area contributed by atoms with Gasteiger partial charge in [0.1, 0.15) is 0 Å². The van der Waals surface area contributed by atoms with Crippen molar-refractivity contribution >= 4 is 11.8 Å². The van der Waals surface area contributed by atoms with Gasteiger partial charge < -0.3 is 10.3 Å². The predicted molar refractivity (Wildman–Crippen MR) is 80.7 cm³/mol. The van der Waals surface area contributed by atoms with Crippen LogP contribution in [-0.2, 0) is 0 Å². The minimum absolute atomic E-state index is 0.149. The third-order valence-corrected chi connectivity index (χ3v) is 4.67. The van der Waals surface area contributed by atoms with Crippen molar-refractivity contribution in [2.24, 2.45) is 5.73 Å². The molecule has 0 spiro atoms. The van der Waals surface area contributed by atoms with Crippen molar-refractivity contribution in [2.45, 2.75) is 42.5 Å². The lowest BCUT2D eigenvalue weighted by Gasteiger charge is -2.25. The highest BCUT2D eigenvalue weighted by atomic mass is 32.2. The van der Waals surface area contributed by atoms with Gasteiger partial charge in [-0.1, -0.05) is 18.0 Å². The molecule has 106 valence electrons. The zero-order chi connectivity index (χ0) is 13.9. The van der Waals surface area contributed by atoms with Gasteiger partial charge in [0.25, 0.3) is 0 Å². The summed E-state index contributed by atoms with van der Waals surface area (Å²) in [5, 5.41) is 4.10. The highest BCUT2D eigenvalue weighted by Gasteiger charge is 2.28. The summed E-state index contributed by atoms with van der Waals surface area (Å²) in [7, 11) is 0. The van der Waals surface area contributed by atoms with E-state index < -0.39 is 0 Å². The summed E-state index contributed by atoms with van der Waals surface area (Å²) >= 11 is 1.72. The zero-order valence-corrected chi connectivity index (χ0v) is 12.4. The van der Waals surface area contributed by atoms with Crippen LogP contribution < -0.4 is 5.73 Å². The number of nitrogens with zero attached hydrogens (tertiary/aromatic N) is 2. The molecule has 0 amide bonds. The van der Waals surface area contributed by atoms with Crippen molar-refractivity contribution in [3.8, 4) is 11.4 Å². The Labute approximate surface area is 123 Å². The summed E-state index contributed by atoms with van der Waals surface area (Å²) < 4.78 is 5.44. The Morgan fingerprint density at radius 1 is 1.20 bits per heavy atom. The lowest BCUT2D eigenvalue weighted by Crippen LogP contribution is -2.31. The smallest absolute Gasteiger partial charge is 0.231 e. The number of aromatic nitrogens is 2. The number of benzene rings is 1. The van der Waals surface area contributed by atoms with Gasteiger partial charge in [-0.2, -0.15) is 4.98 Å². The van der Waals surface area contributed by atoms with Gasteiger partial charge in [-0.05, 0) is 43.4 Å². The number of nitrogens with two attached hydrogens (primary N) is 1. The molecule has 2 N–H and O–H groups in total. The van der Waals surface area contributed by atoms with Crippen LogP contribution in [0.15, 0.2) is 33.7 Å². The van der Waals surface area contributed by atoms with Crippen molar-refractivity contribution in [2.75, 3.05) is 6.26 Å². The molecule has 2 atom stereocenters. The molecule has 1 aliphatic rings. The van der Waals surface area contributed by atoms with Gasteiger partial charge in [-0.15, -0.1) is 11.8 Å². The first-order valence-corrected chi connectivity index (χ1v) is 8.24. The normalized spacial score (nSPS) is 22.9. The molecule has 2 aromatic rings. The van der Waals surface area contributed by atoms with E-state index in [-0.39, 0.29) is 12.0 Å². The molecule has 1 aromatic carbocycles. The molecule has 1 saturated carbocycles. The minimum atomic E-state index is 0.149. The van der Waals surface area contributed by atoms with Crippen molar-refractivity contribution in [3.05, 3.63) is 30.2 Å². The molecule has 0 bridgehead atoms. The van der Waals surface area contributed by atoms with Crippen LogP contribution in [0, 0.1) is 0 Å². The van der Waals surface area contributed by atoms with E-state index in [0.717, 1.165) is 18.4 Å². The largest absolute Gasteiger partial charge is 0.339 e. The fraction of sp³-hybridized carbons (Fsp3) is 0.467. The summed E-state index contributed by atoms with van der Waals surface area (Å²) in [6, 6.07) is 8.35. The third-order valence-electron chi connectivity index (χ3n) is 3.93. The Morgan fingerprint density at radius 3 is 2.65 bits per heavy atom. The molecule has 1 heterocycles. The Bertz CT molecular complexity index is 567. The van der Waals surface area contributed by atoms with Crippen LogP contribution in [0.3, 0.4) is 0 Å². The van der Waals surface area contributed by atoms with Gasteiger partial charge >= 0.3 is 0 Å². The molecular weight excluding hydrogens is 270 g/mol. The molecule has 1 aromatic heterocycles. The van der Waals surface area contributed by atoms with Crippen LogP contribution in [0.2, 0.25) is 0 Å². The quantitative estimate of drug-likeness (QED) is 0.877. The third kappa shape index (κ3) is 2.74. The second kappa shape index (κ2) is 5.97. The first-order chi connectivity index (χ1) is 9.78. The monoisotopic (exact) mass is 289 g/mol. The highest BCUT2D eigenvalue weighted by Crippen LogP contribution is 2.32. The molecule has 0 aliphatic heterocycles. The van der Waals surface area contributed by atoms with Gasteiger partial charge in [0, 0.05) is 16.5 Å². The van der Waals surface area contributed by atoms with Crippen molar-refractivity contribution in [1.29, 1.82) is 0 Å². The van der Waals surface area contributed by atoms with Crippen LogP contribution in [0.5, 0.6) is 0 Å². The van der Waals surface area contributed by atoms with E-state index in [1.807, 2.05) is 12.1 Å². The fourth-order valence-corrected chi connectivity index (χ4v) is 3.12. The van der Waals surface area contributed by atoms with Crippen LogP contribution >= 0.6 is 11.8 Å². The maximum absolute atomic E-state index is 6.17. The van der Waals surface area contributed by atoms with Gasteiger partial charge in [0.05, 0.1) is 5.92 Å². The first-order valence-electron chi connectivity index (χ1n) is 7.01. The summed E-state index contributed by atoms with van der Waals surface area (Å²) in [5.74, 6) is 1.57. The molecule has 0 saturated heterocycles. The second-order valence-electron chi connectivity index (χ2n) is 5.24. The highest BCUT2D eigenvalue weighted by molar-refractivity contribution is 7.98. The van der Waals surface area contributed by atoms with E-state index in [1.54, 1.807) is 11.8 Å². The number of hydrogen-bond acceptors (Lipinski definition) is 5. The second-order valence-corrected chi connectivity index (χ2v) is 6.12. The summed E-state index contributed by atoms with van der Waals surface area (Å²) in [4.78, 5) is 5.77. The van der Waals surface area contributed by atoms with Crippen LogP contribution in [-0.4, -0.2) is 22.4 Å². The summed E-state index contributed by atoms with van der Waals surface area (Å²) in [6.45, 7) is 0. The molecule has 3 rings (SSSR count). The molecule has 1 fully saturated rings. The lowest BCUT2D eigenvalue weighted by atomic mass is 9.85. The number of thioether (sulfide) groups is 1. The standard InChI is InChI=1S/C15H19N3OS/c1-20-11-8-6-10(7-9-11)14-17-15(19-18-14)12-4-2-3-5-13(12)16/h6-9,12-13H,2-5,16H2,1H3. The van der Waals surface area contributed by atoms with Gasteiger partial charge in [-0.3, -0.25) is 0 Å². The van der Waals surface area contributed by atoms with Crippen molar-refractivity contribution < 1.29 is 4.52 Å². The Kier molecular flexibility index (Phi) is 4.08. The molecule has 2 unspecified atom stereocenters. The topological polar surface area (TPSA) is 64.9 Å². The Balaban J connectivity index is 1.81. The van der Waals surface area contributed by atoms with E-state index in [2.05, 4.69) is 28.5 Å². The summed E-state index contributed by atoms with van der Waals surface area (Å²) in [6.07, 6.45) is 6.55. The van der Waals surface area contributed by atoms with E-state index in [4.69, 9.17) is 10.3 Å². The Hall–Kier alpha value is -1.33. The lowest BCUT2D eigenvalue weighted by molar-refractivity contribution is 0.290. The van der Waals surface area contributed by atoms with Crippen LogP contribution in [0.25, 0.3) is 11.4 Å². The van der Waals surface area contributed by atoms with E-state index >= 15 is 0 Å². The molecule has 4 nitrogen and oxygen atoms in total. The zero-order valence-electron chi connectivity index (χ0n) is 11.6. The molecular formula is C15H19N3OS. The molecule has 1 aliphatic carbocycles. The maximum atomic E-state index is 6.17. The minimum Gasteiger partial charge on any atom is -0.339 e. The molecule has 0 radical (unpaired) electrons. The SMILES string of the molecule is CSc1ccc(-c2noc(C3CCCCC3N)n2)cc1. The summed E-state index contributed by atoms with van der Waals surface area (Å²) in [5.41, 5.74) is 7.15. The van der Waals surface area contributed by atoms with Crippen LogP contribution in [0.1, 0.15) is 37.5 Å². The molecule has 20 heavy (non-hydrogen) atoms. The van der Waals surface area contributed by atoms with Gasteiger partial charge in [0.2, 0.25) is 11.7 Å². The predicted octanol–water partition coefficient (Wildman–Crippen LogP) is 3.44. The molecule has 5 heteroatoms. The first kappa shape index (κ1) is 13.6. The number of hydrogen-bond donors (Lipinski definition) is 1. The van der Waals surface area contributed by atoms with Crippen molar-refractivity contribution in [1.82, 2.24) is 10.1 Å². The maximum Gasteiger partial charge on any atom is 0.231 e. The van der Waals surface area contributed by atoms with Crippen LogP contribution in [0.4, 0.5) is 0 Å². The Morgan fingerprint density at radius 2 is 1.95 bits per heavy atom. The van der Waals surface area contributed by atoms with Gasteiger partial charge in [0.15, 0.2) is 0 Å². The van der Waals surface area contributed by atoms with Gasteiger partial charge in [-0.25, -0.2) is 0 Å². The van der Waals surface area contributed by atoms with Crippen molar-refractivity contribution in [3.63, 3.8) is 0 Å².